The Morgan fingerprint density at radius 2 is 1.75 bits per heavy atom. The predicted molar refractivity (Wildman–Crippen MR) is 75.3 cm³/mol. The summed E-state index contributed by atoms with van der Waals surface area (Å²) in [6.45, 7) is 7.01. The summed E-state index contributed by atoms with van der Waals surface area (Å²) in [5.41, 5.74) is 0.823. The fourth-order valence-electron chi connectivity index (χ4n) is 2.66. The minimum atomic E-state index is 0.367. The Balaban J connectivity index is 2.47. The van der Waals surface area contributed by atoms with Crippen LogP contribution in [0, 0.1) is 5.41 Å². The van der Waals surface area contributed by atoms with Crippen LogP contribution in [-0.4, -0.2) is 54.9 Å². The molecule has 0 aliphatic heterocycles. The number of likely N-dealkylation sites (N-methyl/N-ethyl adjacent to an activating group) is 2. The molecule has 1 aliphatic carbocycles. The van der Waals surface area contributed by atoms with E-state index in [9.17, 15) is 0 Å². The van der Waals surface area contributed by atoms with E-state index >= 15 is 0 Å². The van der Waals surface area contributed by atoms with Gasteiger partial charge in [0.2, 0.25) is 0 Å². The van der Waals surface area contributed by atoms with Gasteiger partial charge in [0.25, 0.3) is 0 Å². The Labute approximate surface area is 109 Å². The molecule has 0 N–H and O–H groups in total. The lowest BCUT2D eigenvalue weighted by Gasteiger charge is -2.50. The van der Waals surface area contributed by atoms with Crippen molar-refractivity contribution in [2.24, 2.45) is 5.41 Å². The van der Waals surface area contributed by atoms with Crippen molar-refractivity contribution in [2.45, 2.75) is 38.6 Å². The van der Waals surface area contributed by atoms with Gasteiger partial charge in [-0.25, -0.2) is 0 Å². The van der Waals surface area contributed by atoms with E-state index < -0.39 is 0 Å². The van der Waals surface area contributed by atoms with Gasteiger partial charge in [-0.2, -0.15) is 0 Å². The molecule has 1 rings (SSSR count). The monoisotopic (exact) mass is 290 g/mol. The van der Waals surface area contributed by atoms with E-state index in [4.69, 9.17) is 0 Å². The first-order valence-corrected chi connectivity index (χ1v) is 7.35. The standard InChI is InChI=1S/C13H27BrN2/c1-12(2,9-14)10-16(5)11-13(15(3)4)7-6-8-13/h6-11H2,1-5H3. The molecule has 16 heavy (non-hydrogen) atoms. The molecule has 3 heteroatoms. The van der Waals surface area contributed by atoms with Crippen LogP contribution in [0.5, 0.6) is 0 Å². The molecule has 0 atom stereocenters. The highest BCUT2D eigenvalue weighted by atomic mass is 79.9. The number of rotatable bonds is 6. The number of halogens is 1. The van der Waals surface area contributed by atoms with E-state index in [0.717, 1.165) is 11.9 Å². The van der Waals surface area contributed by atoms with Crippen molar-refractivity contribution in [1.82, 2.24) is 9.80 Å². The molecule has 0 unspecified atom stereocenters. The third-order valence-electron chi connectivity index (χ3n) is 3.86. The second kappa shape index (κ2) is 5.36. The number of alkyl halides is 1. The van der Waals surface area contributed by atoms with Crippen molar-refractivity contribution in [1.29, 1.82) is 0 Å². The second-order valence-electron chi connectivity index (χ2n) is 6.44. The summed E-state index contributed by atoms with van der Waals surface area (Å²) in [5, 5.41) is 1.07. The zero-order chi connectivity index (χ0) is 12.4. The first kappa shape index (κ1) is 14.5. The van der Waals surface area contributed by atoms with Crippen molar-refractivity contribution in [3.05, 3.63) is 0 Å². The van der Waals surface area contributed by atoms with Crippen molar-refractivity contribution >= 4 is 15.9 Å². The van der Waals surface area contributed by atoms with Crippen LogP contribution in [0.25, 0.3) is 0 Å². The van der Waals surface area contributed by atoms with E-state index in [1.165, 1.54) is 25.8 Å². The summed E-state index contributed by atoms with van der Waals surface area (Å²) in [4.78, 5) is 4.93. The number of hydrogen-bond acceptors (Lipinski definition) is 2. The molecule has 0 saturated heterocycles. The van der Waals surface area contributed by atoms with Crippen LogP contribution < -0.4 is 0 Å². The van der Waals surface area contributed by atoms with Crippen LogP contribution in [0.15, 0.2) is 0 Å². The van der Waals surface area contributed by atoms with Crippen LogP contribution in [0.1, 0.15) is 33.1 Å². The van der Waals surface area contributed by atoms with Gasteiger partial charge >= 0.3 is 0 Å². The van der Waals surface area contributed by atoms with Crippen molar-refractivity contribution in [3.63, 3.8) is 0 Å². The van der Waals surface area contributed by atoms with Gasteiger partial charge in [-0.15, -0.1) is 0 Å². The molecule has 1 fully saturated rings. The normalized spacial score (nSPS) is 20.2. The lowest BCUT2D eigenvalue weighted by molar-refractivity contribution is 0.0206. The van der Waals surface area contributed by atoms with E-state index in [2.05, 4.69) is 60.7 Å². The Morgan fingerprint density at radius 1 is 1.19 bits per heavy atom. The minimum Gasteiger partial charge on any atom is -0.304 e. The fourth-order valence-corrected chi connectivity index (χ4v) is 2.84. The Bertz CT molecular complexity index is 222. The van der Waals surface area contributed by atoms with Gasteiger partial charge in [-0.3, -0.25) is 0 Å². The predicted octanol–water partition coefficient (Wildman–Crippen LogP) is 2.82. The molecular weight excluding hydrogens is 264 g/mol. The third kappa shape index (κ3) is 3.44. The topological polar surface area (TPSA) is 6.48 Å². The maximum Gasteiger partial charge on any atom is 0.0330 e. The Kier molecular flexibility index (Phi) is 4.85. The molecule has 0 heterocycles. The summed E-state index contributed by atoms with van der Waals surface area (Å²) in [7, 11) is 6.71. The first-order chi connectivity index (χ1) is 7.31. The van der Waals surface area contributed by atoms with Gasteiger partial charge < -0.3 is 9.80 Å². The largest absolute Gasteiger partial charge is 0.304 e. The smallest absolute Gasteiger partial charge is 0.0330 e. The minimum absolute atomic E-state index is 0.367. The van der Waals surface area contributed by atoms with Gasteiger partial charge in [0, 0.05) is 24.0 Å². The highest BCUT2D eigenvalue weighted by Gasteiger charge is 2.40. The summed E-state index contributed by atoms with van der Waals surface area (Å²) in [6, 6.07) is 0. The summed E-state index contributed by atoms with van der Waals surface area (Å²) in [5.74, 6) is 0. The van der Waals surface area contributed by atoms with Gasteiger partial charge in [-0.1, -0.05) is 29.8 Å². The maximum absolute atomic E-state index is 3.60. The van der Waals surface area contributed by atoms with Crippen molar-refractivity contribution in [3.8, 4) is 0 Å². The van der Waals surface area contributed by atoms with Gasteiger partial charge in [0.15, 0.2) is 0 Å². The maximum atomic E-state index is 3.60. The number of nitrogens with zero attached hydrogens (tertiary/aromatic N) is 2. The van der Waals surface area contributed by atoms with Gasteiger partial charge in [0.1, 0.15) is 0 Å². The van der Waals surface area contributed by atoms with Gasteiger partial charge in [-0.05, 0) is 45.8 Å². The Morgan fingerprint density at radius 3 is 2.06 bits per heavy atom. The lowest BCUT2D eigenvalue weighted by atomic mass is 9.75. The van der Waals surface area contributed by atoms with Crippen molar-refractivity contribution in [2.75, 3.05) is 39.6 Å². The van der Waals surface area contributed by atoms with E-state index in [-0.39, 0.29) is 0 Å². The molecule has 1 aliphatic rings. The molecule has 0 aromatic carbocycles. The summed E-state index contributed by atoms with van der Waals surface area (Å²) < 4.78 is 0. The molecule has 0 amide bonds. The van der Waals surface area contributed by atoms with Crippen LogP contribution in [-0.2, 0) is 0 Å². The van der Waals surface area contributed by atoms with Crippen molar-refractivity contribution < 1.29 is 0 Å². The second-order valence-corrected chi connectivity index (χ2v) is 7.00. The molecule has 96 valence electrons. The van der Waals surface area contributed by atoms with E-state index in [0.29, 0.717) is 11.0 Å². The SMILES string of the molecule is CN(CC(C)(C)CBr)CC1(N(C)C)CCC1. The summed E-state index contributed by atoms with van der Waals surface area (Å²) in [6.07, 6.45) is 4.12. The lowest BCUT2D eigenvalue weighted by Crippen LogP contribution is -2.57. The average molecular weight is 291 g/mol. The van der Waals surface area contributed by atoms with Crippen LogP contribution >= 0.6 is 15.9 Å². The molecule has 0 aromatic heterocycles. The molecule has 0 radical (unpaired) electrons. The highest BCUT2D eigenvalue weighted by Crippen LogP contribution is 2.37. The fraction of sp³-hybridized carbons (Fsp3) is 1.00. The highest BCUT2D eigenvalue weighted by molar-refractivity contribution is 9.09. The van der Waals surface area contributed by atoms with Crippen LogP contribution in [0.4, 0.5) is 0 Å². The third-order valence-corrected chi connectivity index (χ3v) is 5.37. The molecular formula is C13H27BrN2. The average Bonchev–Trinajstić information content (AvgIpc) is 2.10. The van der Waals surface area contributed by atoms with E-state index in [1.807, 2.05) is 0 Å². The molecule has 0 aromatic rings. The molecule has 2 nitrogen and oxygen atoms in total. The van der Waals surface area contributed by atoms with Crippen LogP contribution in [0.3, 0.4) is 0 Å². The molecule has 1 saturated carbocycles. The quantitative estimate of drug-likeness (QED) is 0.694. The zero-order valence-corrected chi connectivity index (χ0v) is 13.1. The Hall–Kier alpha value is 0.400. The van der Waals surface area contributed by atoms with E-state index in [1.54, 1.807) is 0 Å². The van der Waals surface area contributed by atoms with Gasteiger partial charge in [0.05, 0.1) is 0 Å². The molecule has 0 bridgehead atoms. The zero-order valence-electron chi connectivity index (χ0n) is 11.5. The first-order valence-electron chi connectivity index (χ1n) is 6.23. The summed E-state index contributed by atoms with van der Waals surface area (Å²) >= 11 is 3.60. The molecule has 0 spiro atoms. The van der Waals surface area contributed by atoms with Crippen LogP contribution in [0.2, 0.25) is 0 Å². The number of hydrogen-bond donors (Lipinski definition) is 0.